The van der Waals surface area contributed by atoms with E-state index in [2.05, 4.69) is 10.6 Å². The fraction of sp³-hybridized carbons (Fsp3) is 0.409. The minimum atomic E-state index is -1.20. The molecule has 180 valence electrons. The maximum atomic E-state index is 13.2. The van der Waals surface area contributed by atoms with Gasteiger partial charge < -0.3 is 25.7 Å². The molecular weight excluding hydrogens is 482 g/mol. The van der Waals surface area contributed by atoms with Crippen LogP contribution in [0.1, 0.15) is 31.9 Å². The molecule has 1 aromatic carbocycles. The van der Waals surface area contributed by atoms with Crippen molar-refractivity contribution in [2.75, 3.05) is 5.75 Å². The fourth-order valence-electron chi connectivity index (χ4n) is 4.25. The lowest BCUT2D eigenvalue weighted by Crippen LogP contribution is -2.71. The normalized spacial score (nSPS) is 26.1. The second-order valence-electron chi connectivity index (χ2n) is 8.75. The number of fused-ring (bicyclic) bond motifs is 1. The van der Waals surface area contributed by atoms with Gasteiger partial charge in [0.15, 0.2) is 0 Å². The summed E-state index contributed by atoms with van der Waals surface area (Å²) in [6.07, 6.45) is -0.0385. The smallest absolute Gasteiger partial charge is 0.327 e. The van der Waals surface area contributed by atoms with Crippen LogP contribution in [0.25, 0.3) is 0 Å². The molecule has 4 rings (SSSR count). The molecule has 10 nitrogen and oxygen atoms in total. The van der Waals surface area contributed by atoms with Gasteiger partial charge >= 0.3 is 5.97 Å². The number of carbonyl (C=O) groups is 5. The van der Waals surface area contributed by atoms with Gasteiger partial charge in [-0.25, -0.2) is 4.79 Å². The number of amides is 3. The molecule has 0 saturated carbocycles. The van der Waals surface area contributed by atoms with Crippen molar-refractivity contribution < 1.29 is 34.2 Å². The molecule has 3 aliphatic rings. The second kappa shape index (κ2) is 8.99. The topological polar surface area (TPSA) is 153 Å². The van der Waals surface area contributed by atoms with Crippen LogP contribution < -0.4 is 10.6 Å². The van der Waals surface area contributed by atoms with Gasteiger partial charge in [0.05, 0.1) is 5.75 Å². The zero-order valence-corrected chi connectivity index (χ0v) is 19.9. The molecule has 1 unspecified atom stereocenters. The number of ketones is 1. The number of carboxylic acids is 1. The number of phenolic OH excluding ortho intramolecular Hbond substituents is 1. The number of phenols is 1. The Bertz CT molecular complexity index is 1100. The van der Waals surface area contributed by atoms with Crippen LogP contribution in [-0.2, 0) is 24.0 Å². The molecule has 0 radical (unpaired) electrons. The number of thioether (sulfide) groups is 2. The van der Waals surface area contributed by atoms with E-state index in [1.54, 1.807) is 19.3 Å². The van der Waals surface area contributed by atoms with Crippen molar-refractivity contribution in [1.82, 2.24) is 15.5 Å². The van der Waals surface area contributed by atoms with Crippen LogP contribution in [0.4, 0.5) is 0 Å². The van der Waals surface area contributed by atoms with Gasteiger partial charge in [0.2, 0.25) is 17.7 Å². The summed E-state index contributed by atoms with van der Waals surface area (Å²) in [5.74, 6) is -2.71. The molecule has 2 fully saturated rings. The zero-order valence-electron chi connectivity index (χ0n) is 18.3. The molecule has 2 saturated heterocycles. The SMILES string of the molecule is CC1(C)S[C@@H]2[C@H](NC(=O)C(NC(=O)C3=CSCC(=O)C3)c3ccc(O)cc3)C(=O)N2[C@H]1C(=O)O. The van der Waals surface area contributed by atoms with Crippen LogP contribution in [0.2, 0.25) is 0 Å². The average Bonchev–Trinajstić information content (AvgIpc) is 3.04. The Morgan fingerprint density at radius 2 is 1.85 bits per heavy atom. The third-order valence-electron chi connectivity index (χ3n) is 5.89. The average molecular weight is 506 g/mol. The van der Waals surface area contributed by atoms with Gasteiger partial charge in [-0.2, -0.15) is 0 Å². The van der Waals surface area contributed by atoms with Crippen LogP contribution in [0.3, 0.4) is 0 Å². The molecule has 3 heterocycles. The molecule has 0 aliphatic carbocycles. The maximum absolute atomic E-state index is 13.2. The summed E-state index contributed by atoms with van der Waals surface area (Å²) in [6, 6.07) is 2.52. The lowest BCUT2D eigenvalue weighted by atomic mass is 9.95. The lowest BCUT2D eigenvalue weighted by Gasteiger charge is -2.44. The van der Waals surface area contributed by atoms with E-state index in [1.165, 1.54) is 52.7 Å². The highest BCUT2D eigenvalue weighted by Gasteiger charge is 2.64. The van der Waals surface area contributed by atoms with Crippen molar-refractivity contribution in [3.8, 4) is 5.75 Å². The Balaban J connectivity index is 1.53. The van der Waals surface area contributed by atoms with Gasteiger partial charge in [0, 0.05) is 16.7 Å². The van der Waals surface area contributed by atoms with E-state index in [-0.39, 0.29) is 29.3 Å². The number of aliphatic carboxylic acids is 1. The number of rotatable bonds is 6. The number of nitrogens with zero attached hydrogens (tertiary/aromatic N) is 1. The van der Waals surface area contributed by atoms with E-state index in [9.17, 15) is 34.2 Å². The quantitative estimate of drug-likeness (QED) is 0.411. The Kier molecular flexibility index (Phi) is 6.38. The van der Waals surface area contributed by atoms with Crippen LogP contribution in [-0.4, -0.2) is 72.5 Å². The first-order valence-electron chi connectivity index (χ1n) is 10.4. The summed E-state index contributed by atoms with van der Waals surface area (Å²) in [4.78, 5) is 63.5. The van der Waals surface area contributed by atoms with E-state index in [1.807, 2.05) is 0 Å². The molecule has 12 heteroatoms. The van der Waals surface area contributed by atoms with Crippen molar-refractivity contribution in [2.45, 2.75) is 48.5 Å². The number of hydrogen-bond donors (Lipinski definition) is 4. The number of Topliss-reactive ketones (excluding diaryl/α,β-unsaturated/α-hetero) is 1. The summed E-state index contributed by atoms with van der Waals surface area (Å²) in [6.45, 7) is 3.47. The molecule has 4 atom stereocenters. The molecule has 34 heavy (non-hydrogen) atoms. The van der Waals surface area contributed by atoms with Crippen molar-refractivity contribution in [2.24, 2.45) is 0 Å². The molecule has 3 aliphatic heterocycles. The molecule has 0 bridgehead atoms. The Labute approximate surface area is 203 Å². The molecule has 0 aromatic heterocycles. The predicted molar refractivity (Wildman–Crippen MR) is 125 cm³/mol. The summed E-state index contributed by atoms with van der Waals surface area (Å²) >= 11 is 2.50. The lowest BCUT2D eigenvalue weighted by molar-refractivity contribution is -0.161. The number of nitrogens with one attached hydrogen (secondary N) is 2. The van der Waals surface area contributed by atoms with E-state index in [4.69, 9.17) is 0 Å². The summed E-state index contributed by atoms with van der Waals surface area (Å²) in [5, 5.41) is 25.5. The Morgan fingerprint density at radius 3 is 2.47 bits per heavy atom. The third-order valence-corrected chi connectivity index (χ3v) is 8.40. The van der Waals surface area contributed by atoms with Crippen LogP contribution in [0, 0.1) is 0 Å². The van der Waals surface area contributed by atoms with E-state index >= 15 is 0 Å². The highest BCUT2D eigenvalue weighted by molar-refractivity contribution is 8.02. The second-order valence-corrected chi connectivity index (χ2v) is 11.4. The minimum Gasteiger partial charge on any atom is -0.508 e. The van der Waals surface area contributed by atoms with E-state index in [0.717, 1.165) is 0 Å². The van der Waals surface area contributed by atoms with Crippen LogP contribution >= 0.6 is 23.5 Å². The highest BCUT2D eigenvalue weighted by atomic mass is 32.2. The Hall–Kier alpha value is -2.99. The largest absolute Gasteiger partial charge is 0.508 e. The van der Waals surface area contributed by atoms with Crippen molar-refractivity contribution in [3.05, 3.63) is 40.8 Å². The minimum absolute atomic E-state index is 0.0275. The van der Waals surface area contributed by atoms with E-state index < -0.39 is 51.9 Å². The van der Waals surface area contributed by atoms with Crippen molar-refractivity contribution in [3.63, 3.8) is 0 Å². The zero-order chi connectivity index (χ0) is 24.8. The number of benzene rings is 1. The Morgan fingerprint density at radius 1 is 1.18 bits per heavy atom. The van der Waals surface area contributed by atoms with E-state index in [0.29, 0.717) is 5.56 Å². The number of aromatic hydroxyl groups is 1. The third kappa shape index (κ3) is 4.39. The molecule has 0 spiro atoms. The number of carboxylic acid groups (broad SMARTS) is 1. The summed E-state index contributed by atoms with van der Waals surface area (Å²) in [5.41, 5.74) is 0.603. The first kappa shape index (κ1) is 24.1. The fourth-order valence-corrected chi connectivity index (χ4v) is 6.64. The van der Waals surface area contributed by atoms with Gasteiger partial charge in [-0.3, -0.25) is 19.2 Å². The van der Waals surface area contributed by atoms with Gasteiger partial charge in [-0.1, -0.05) is 12.1 Å². The first-order valence-corrected chi connectivity index (χ1v) is 12.4. The van der Waals surface area contributed by atoms with Crippen LogP contribution in [0.15, 0.2) is 35.2 Å². The number of hydrogen-bond acceptors (Lipinski definition) is 8. The first-order chi connectivity index (χ1) is 16.0. The highest BCUT2D eigenvalue weighted by Crippen LogP contribution is 2.50. The standard InChI is InChI=1S/C22H23N3O7S2/c1-22(2)16(21(31)32)25-19(30)15(20(25)34-22)24-18(29)14(10-3-5-12(26)6-4-10)23-17(28)11-7-13(27)9-33-8-11/h3-6,8,14-16,20,26H,7,9H2,1-2H3,(H,23,28)(H,24,29)(H,31,32)/t14?,15-,16+,20-/m1/s1. The molecule has 1 aromatic rings. The summed E-state index contributed by atoms with van der Waals surface area (Å²) in [7, 11) is 0. The summed E-state index contributed by atoms with van der Waals surface area (Å²) < 4.78 is -0.742. The number of carbonyl (C=O) groups excluding carboxylic acids is 4. The molecule has 3 amide bonds. The van der Waals surface area contributed by atoms with Gasteiger partial charge in [-0.15, -0.1) is 23.5 Å². The maximum Gasteiger partial charge on any atom is 0.327 e. The van der Waals surface area contributed by atoms with Gasteiger partial charge in [-0.05, 0) is 37.0 Å². The predicted octanol–water partition coefficient (Wildman–Crippen LogP) is 0.771. The van der Waals surface area contributed by atoms with Crippen LogP contribution in [0.5, 0.6) is 5.75 Å². The molecule has 4 N–H and O–H groups in total. The van der Waals surface area contributed by atoms with Gasteiger partial charge in [0.1, 0.15) is 35.0 Å². The van der Waals surface area contributed by atoms with Gasteiger partial charge in [0.25, 0.3) is 0 Å². The van der Waals surface area contributed by atoms with Crippen molar-refractivity contribution >= 4 is 53.0 Å². The number of β-lactam (4-membered cyclic amide) rings is 1. The molecular formula is C22H23N3O7S2. The van der Waals surface area contributed by atoms with Crippen molar-refractivity contribution in [1.29, 1.82) is 0 Å². The monoisotopic (exact) mass is 505 g/mol.